The minimum absolute atomic E-state index is 0.389. The lowest BCUT2D eigenvalue weighted by atomic mass is 10.3. The molecule has 0 unspecified atom stereocenters. The Labute approximate surface area is 113 Å². The van der Waals surface area contributed by atoms with E-state index in [0.29, 0.717) is 18.0 Å². The molecule has 0 bridgehead atoms. The van der Waals surface area contributed by atoms with Crippen molar-refractivity contribution in [3.63, 3.8) is 0 Å². The summed E-state index contributed by atoms with van der Waals surface area (Å²) in [5.74, 6) is -2.30. The fraction of sp³-hybridized carbons (Fsp3) is 0.333. The maximum Gasteiger partial charge on any atom is 0.471 e. The molecule has 5 nitrogen and oxygen atoms in total. The molecule has 0 saturated carbocycles. The molecule has 0 fully saturated rings. The second kappa shape index (κ2) is 6.78. The third-order valence-electron chi connectivity index (χ3n) is 2.12. The summed E-state index contributed by atoms with van der Waals surface area (Å²) in [4.78, 5) is 21.8. The third-order valence-corrected chi connectivity index (χ3v) is 2.12. The molecular weight excluding hydrogens is 277 g/mol. The van der Waals surface area contributed by atoms with Crippen molar-refractivity contribution in [2.45, 2.75) is 13.1 Å². The minimum Gasteiger partial charge on any atom is -0.494 e. The van der Waals surface area contributed by atoms with Gasteiger partial charge in [-0.1, -0.05) is 0 Å². The number of rotatable bonds is 5. The maximum atomic E-state index is 11.9. The molecule has 1 aromatic carbocycles. The Balaban J connectivity index is 2.44. The predicted octanol–water partition coefficient (Wildman–Crippen LogP) is 1.70. The van der Waals surface area contributed by atoms with Crippen molar-refractivity contribution < 1.29 is 27.5 Å². The molecule has 20 heavy (non-hydrogen) atoms. The zero-order valence-electron chi connectivity index (χ0n) is 10.6. The second-order valence-corrected chi connectivity index (χ2v) is 3.69. The lowest BCUT2D eigenvalue weighted by Gasteiger charge is -2.09. The summed E-state index contributed by atoms with van der Waals surface area (Å²) in [6.45, 7) is 1.56. The summed E-state index contributed by atoms with van der Waals surface area (Å²) in [5.41, 5.74) is 0.389. The number of halogens is 3. The second-order valence-electron chi connectivity index (χ2n) is 3.69. The van der Waals surface area contributed by atoms with Crippen LogP contribution < -0.4 is 15.4 Å². The number of anilines is 1. The monoisotopic (exact) mass is 290 g/mol. The van der Waals surface area contributed by atoms with Crippen LogP contribution in [0.5, 0.6) is 5.75 Å². The normalized spacial score (nSPS) is 10.8. The molecule has 0 aliphatic heterocycles. The van der Waals surface area contributed by atoms with Gasteiger partial charge < -0.3 is 15.4 Å². The van der Waals surface area contributed by atoms with Crippen LogP contribution in [0.4, 0.5) is 18.9 Å². The molecule has 2 amide bonds. The summed E-state index contributed by atoms with van der Waals surface area (Å²) in [6, 6.07) is 6.28. The Bertz CT molecular complexity index is 472. The maximum absolute atomic E-state index is 11.9. The molecule has 0 aliphatic rings. The zero-order valence-corrected chi connectivity index (χ0v) is 10.6. The van der Waals surface area contributed by atoms with Crippen molar-refractivity contribution in [1.82, 2.24) is 5.32 Å². The van der Waals surface area contributed by atoms with Crippen LogP contribution in [0.15, 0.2) is 24.3 Å². The summed E-state index contributed by atoms with van der Waals surface area (Å²) < 4.78 is 40.8. The van der Waals surface area contributed by atoms with Gasteiger partial charge in [-0.15, -0.1) is 0 Å². The molecule has 0 aliphatic carbocycles. The molecule has 0 radical (unpaired) electrons. The minimum atomic E-state index is -5.00. The number of carbonyl (C=O) groups excluding carboxylic acids is 2. The van der Waals surface area contributed by atoms with Crippen molar-refractivity contribution in [2.75, 3.05) is 18.5 Å². The quantitative estimate of drug-likeness (QED) is 0.867. The Morgan fingerprint density at radius 2 is 1.80 bits per heavy atom. The van der Waals surface area contributed by atoms with Gasteiger partial charge in [0.25, 0.3) is 0 Å². The van der Waals surface area contributed by atoms with Crippen LogP contribution in [0.2, 0.25) is 0 Å². The molecule has 0 atom stereocenters. The highest BCUT2D eigenvalue weighted by Crippen LogP contribution is 2.16. The van der Waals surface area contributed by atoms with Gasteiger partial charge in [-0.25, -0.2) is 0 Å². The fourth-order valence-corrected chi connectivity index (χ4v) is 1.27. The molecule has 110 valence electrons. The average molecular weight is 290 g/mol. The first-order chi connectivity index (χ1) is 9.32. The molecule has 0 aromatic heterocycles. The van der Waals surface area contributed by atoms with Crippen molar-refractivity contribution in [3.8, 4) is 5.75 Å². The highest BCUT2D eigenvalue weighted by atomic mass is 19.4. The van der Waals surface area contributed by atoms with Crippen LogP contribution in [-0.4, -0.2) is 31.1 Å². The number of carbonyl (C=O) groups is 2. The van der Waals surface area contributed by atoms with E-state index in [1.54, 1.807) is 12.1 Å². The lowest BCUT2D eigenvalue weighted by Crippen LogP contribution is -2.41. The van der Waals surface area contributed by atoms with E-state index in [9.17, 15) is 22.8 Å². The molecule has 0 heterocycles. The number of nitrogens with one attached hydrogen (secondary N) is 2. The third kappa shape index (κ3) is 5.17. The van der Waals surface area contributed by atoms with Gasteiger partial charge in [0.2, 0.25) is 5.91 Å². The Morgan fingerprint density at radius 1 is 1.20 bits per heavy atom. The number of alkyl halides is 3. The van der Waals surface area contributed by atoms with Crippen LogP contribution in [0, 0.1) is 0 Å². The van der Waals surface area contributed by atoms with Crippen molar-refractivity contribution in [3.05, 3.63) is 24.3 Å². The predicted molar refractivity (Wildman–Crippen MR) is 65.3 cm³/mol. The van der Waals surface area contributed by atoms with Crippen molar-refractivity contribution in [1.29, 1.82) is 0 Å². The van der Waals surface area contributed by atoms with Gasteiger partial charge in [-0.3, -0.25) is 9.59 Å². The smallest absolute Gasteiger partial charge is 0.471 e. The molecule has 1 rings (SSSR count). The van der Waals surface area contributed by atoms with Crippen LogP contribution in [0.25, 0.3) is 0 Å². The summed E-state index contributed by atoms with van der Waals surface area (Å²) >= 11 is 0. The number of amides is 2. The topological polar surface area (TPSA) is 67.4 Å². The van der Waals surface area contributed by atoms with Gasteiger partial charge in [-0.2, -0.15) is 13.2 Å². The van der Waals surface area contributed by atoms with E-state index in [-0.39, 0.29) is 0 Å². The lowest BCUT2D eigenvalue weighted by molar-refractivity contribution is -0.173. The molecule has 0 saturated heterocycles. The molecule has 8 heteroatoms. The highest BCUT2D eigenvalue weighted by Gasteiger charge is 2.38. The van der Waals surface area contributed by atoms with E-state index >= 15 is 0 Å². The summed E-state index contributed by atoms with van der Waals surface area (Å²) in [5, 5.41) is 3.82. The number of hydrogen-bond acceptors (Lipinski definition) is 3. The van der Waals surface area contributed by atoms with Crippen molar-refractivity contribution in [2.24, 2.45) is 0 Å². The number of benzene rings is 1. The highest BCUT2D eigenvalue weighted by molar-refractivity contribution is 5.95. The van der Waals surface area contributed by atoms with Gasteiger partial charge in [0.1, 0.15) is 5.75 Å². The van der Waals surface area contributed by atoms with E-state index in [1.165, 1.54) is 17.4 Å². The van der Waals surface area contributed by atoms with Gasteiger partial charge in [-0.05, 0) is 31.2 Å². The van der Waals surface area contributed by atoms with Gasteiger partial charge in [0.05, 0.1) is 13.2 Å². The molecule has 0 spiro atoms. The first-order valence-electron chi connectivity index (χ1n) is 5.70. The Kier molecular flexibility index (Phi) is 5.36. The zero-order chi connectivity index (χ0) is 15.2. The van der Waals surface area contributed by atoms with Crippen LogP contribution in [-0.2, 0) is 9.59 Å². The van der Waals surface area contributed by atoms with Crippen molar-refractivity contribution >= 4 is 17.5 Å². The first kappa shape index (κ1) is 15.8. The first-order valence-corrected chi connectivity index (χ1v) is 5.70. The Hall–Kier alpha value is -2.25. The van der Waals surface area contributed by atoms with Crippen LogP contribution in [0.3, 0.4) is 0 Å². The van der Waals surface area contributed by atoms with E-state index in [4.69, 9.17) is 4.74 Å². The summed E-state index contributed by atoms with van der Waals surface area (Å²) in [6.07, 6.45) is -5.00. The molecular formula is C12H13F3N2O3. The van der Waals surface area contributed by atoms with E-state index in [1.807, 2.05) is 6.92 Å². The fourth-order valence-electron chi connectivity index (χ4n) is 1.27. The average Bonchev–Trinajstić information content (AvgIpc) is 2.37. The van der Waals surface area contributed by atoms with E-state index < -0.39 is 24.5 Å². The Morgan fingerprint density at radius 3 is 2.30 bits per heavy atom. The largest absolute Gasteiger partial charge is 0.494 e. The molecule has 1 aromatic rings. The van der Waals surface area contributed by atoms with E-state index in [2.05, 4.69) is 5.32 Å². The number of hydrogen-bond donors (Lipinski definition) is 2. The van der Waals surface area contributed by atoms with Gasteiger partial charge >= 0.3 is 12.1 Å². The van der Waals surface area contributed by atoms with Gasteiger partial charge in [0, 0.05) is 5.69 Å². The van der Waals surface area contributed by atoms with Crippen LogP contribution in [0.1, 0.15) is 6.92 Å². The standard InChI is InChI=1S/C12H13F3N2O3/c1-2-20-9-5-3-8(4-6-9)17-10(18)7-16-11(19)12(13,14)15/h3-6H,2,7H2,1H3,(H,16,19)(H,17,18). The van der Waals surface area contributed by atoms with Crippen LogP contribution >= 0.6 is 0 Å². The summed E-state index contributed by atoms with van der Waals surface area (Å²) in [7, 11) is 0. The van der Waals surface area contributed by atoms with Gasteiger partial charge in [0.15, 0.2) is 0 Å². The number of ether oxygens (including phenoxy) is 1. The van der Waals surface area contributed by atoms with E-state index in [0.717, 1.165) is 0 Å². The SMILES string of the molecule is CCOc1ccc(NC(=O)CNC(=O)C(F)(F)F)cc1. The molecule has 2 N–H and O–H groups in total.